The molecule has 156 valence electrons. The van der Waals surface area contributed by atoms with Crippen LogP contribution >= 0.6 is 11.3 Å². The number of carbonyl (C=O) groups is 1. The Morgan fingerprint density at radius 3 is 2.63 bits per heavy atom. The molecule has 1 fully saturated rings. The van der Waals surface area contributed by atoms with Gasteiger partial charge in [0.05, 0.1) is 11.5 Å². The quantitative estimate of drug-likeness (QED) is 0.546. The fourth-order valence-electron chi connectivity index (χ4n) is 2.75. The maximum Gasteiger partial charge on any atom is 0.261 e. The normalized spacial score (nSPS) is 13.6. The van der Waals surface area contributed by atoms with Gasteiger partial charge in [-0.05, 0) is 62.2 Å². The van der Waals surface area contributed by atoms with Crippen molar-refractivity contribution in [3.63, 3.8) is 0 Å². The zero-order valence-corrected chi connectivity index (χ0v) is 17.8. The average molecular weight is 445 g/mol. The molecule has 0 saturated heterocycles. The molecule has 0 atom stereocenters. The van der Waals surface area contributed by atoms with E-state index in [9.17, 15) is 13.2 Å². The van der Waals surface area contributed by atoms with Crippen LogP contribution in [-0.4, -0.2) is 31.1 Å². The molecule has 2 aromatic carbocycles. The first-order valence-electron chi connectivity index (χ1n) is 9.45. The fraction of sp³-hybridized carbons (Fsp3) is 0.250. The Bertz CT molecular complexity index is 1160. The van der Waals surface area contributed by atoms with Crippen molar-refractivity contribution in [3.05, 3.63) is 59.1 Å². The largest absolute Gasteiger partial charge is 0.494 e. The summed E-state index contributed by atoms with van der Waals surface area (Å²) in [6.07, 6.45) is 2.20. The monoisotopic (exact) mass is 444 g/mol. The van der Waals surface area contributed by atoms with E-state index in [-0.39, 0.29) is 10.5 Å². The molecule has 8 nitrogen and oxygen atoms in total. The van der Waals surface area contributed by atoms with E-state index < -0.39 is 15.9 Å². The van der Waals surface area contributed by atoms with Crippen LogP contribution in [0.5, 0.6) is 5.75 Å². The van der Waals surface area contributed by atoms with Crippen LogP contribution in [0.25, 0.3) is 0 Å². The Labute approximate surface area is 178 Å². The number of nitrogens with zero attached hydrogens (tertiary/aromatic N) is 2. The molecule has 4 rings (SSSR count). The first-order chi connectivity index (χ1) is 14.4. The third-order valence-corrected chi connectivity index (χ3v) is 6.79. The second-order valence-electron chi connectivity index (χ2n) is 6.76. The highest BCUT2D eigenvalue weighted by molar-refractivity contribution is 7.92. The molecule has 10 heteroatoms. The standard InChI is InChI=1S/C20H20N4O4S2/c1-2-28-16-10-8-15(9-11-16)24-30(26,27)17-5-3-4-14(12-17)18(25)21-20-23-22-19(29-20)13-6-7-13/h3-5,8-13,24H,2,6-7H2,1H3,(H,21,23,25). The Morgan fingerprint density at radius 1 is 1.17 bits per heavy atom. The van der Waals surface area contributed by atoms with Gasteiger partial charge in [0, 0.05) is 17.2 Å². The highest BCUT2D eigenvalue weighted by atomic mass is 32.2. The summed E-state index contributed by atoms with van der Waals surface area (Å²) in [5, 5.41) is 12.1. The molecule has 1 saturated carbocycles. The maximum absolute atomic E-state index is 12.7. The lowest BCUT2D eigenvalue weighted by Gasteiger charge is -2.10. The van der Waals surface area contributed by atoms with Crippen LogP contribution in [0.3, 0.4) is 0 Å². The minimum Gasteiger partial charge on any atom is -0.494 e. The fourth-order valence-corrected chi connectivity index (χ4v) is 4.77. The third kappa shape index (κ3) is 4.77. The van der Waals surface area contributed by atoms with Crippen molar-refractivity contribution in [1.82, 2.24) is 10.2 Å². The maximum atomic E-state index is 12.7. The zero-order valence-electron chi connectivity index (χ0n) is 16.2. The van der Waals surface area contributed by atoms with E-state index in [1.807, 2.05) is 6.92 Å². The van der Waals surface area contributed by atoms with Crippen molar-refractivity contribution in [1.29, 1.82) is 0 Å². The lowest BCUT2D eigenvalue weighted by molar-refractivity contribution is 0.102. The smallest absolute Gasteiger partial charge is 0.261 e. The third-order valence-electron chi connectivity index (χ3n) is 4.41. The highest BCUT2D eigenvalue weighted by Gasteiger charge is 2.28. The van der Waals surface area contributed by atoms with Crippen molar-refractivity contribution < 1.29 is 17.9 Å². The molecule has 30 heavy (non-hydrogen) atoms. The van der Waals surface area contributed by atoms with E-state index in [1.54, 1.807) is 30.3 Å². The van der Waals surface area contributed by atoms with E-state index in [4.69, 9.17) is 4.74 Å². The summed E-state index contributed by atoms with van der Waals surface area (Å²) in [5.74, 6) is 0.669. The van der Waals surface area contributed by atoms with E-state index >= 15 is 0 Å². The van der Waals surface area contributed by atoms with E-state index in [2.05, 4.69) is 20.2 Å². The molecule has 0 bridgehead atoms. The van der Waals surface area contributed by atoms with Crippen molar-refractivity contribution in [2.45, 2.75) is 30.6 Å². The number of carbonyl (C=O) groups excluding carboxylic acids is 1. The van der Waals surface area contributed by atoms with Crippen LogP contribution in [0.15, 0.2) is 53.4 Å². The van der Waals surface area contributed by atoms with Crippen LogP contribution < -0.4 is 14.8 Å². The summed E-state index contributed by atoms with van der Waals surface area (Å²) in [6.45, 7) is 2.40. The number of hydrogen-bond donors (Lipinski definition) is 2. The van der Waals surface area contributed by atoms with Crippen LogP contribution in [0.1, 0.15) is 41.0 Å². The first-order valence-corrected chi connectivity index (χ1v) is 11.7. The number of hydrogen-bond acceptors (Lipinski definition) is 7. The van der Waals surface area contributed by atoms with Gasteiger partial charge in [0.25, 0.3) is 15.9 Å². The number of rotatable bonds is 8. The lowest BCUT2D eigenvalue weighted by Crippen LogP contribution is -2.16. The lowest BCUT2D eigenvalue weighted by atomic mass is 10.2. The number of benzene rings is 2. The van der Waals surface area contributed by atoms with Crippen LogP contribution in [-0.2, 0) is 10.0 Å². The summed E-state index contributed by atoms with van der Waals surface area (Å²) in [4.78, 5) is 12.5. The number of nitrogens with one attached hydrogen (secondary N) is 2. The predicted molar refractivity (Wildman–Crippen MR) is 115 cm³/mol. The summed E-state index contributed by atoms with van der Waals surface area (Å²) in [7, 11) is -3.86. The molecule has 1 aliphatic rings. The molecule has 2 N–H and O–H groups in total. The molecule has 0 aliphatic heterocycles. The Hall–Kier alpha value is -2.98. The van der Waals surface area contributed by atoms with Gasteiger partial charge in [-0.3, -0.25) is 14.8 Å². The minimum absolute atomic E-state index is 0.0139. The van der Waals surface area contributed by atoms with E-state index in [0.717, 1.165) is 17.8 Å². The second-order valence-corrected chi connectivity index (χ2v) is 9.46. The van der Waals surface area contributed by atoms with Crippen LogP contribution in [0.4, 0.5) is 10.8 Å². The molecule has 1 aliphatic carbocycles. The van der Waals surface area contributed by atoms with Crippen molar-refractivity contribution >= 4 is 38.1 Å². The number of ether oxygens (including phenoxy) is 1. The summed E-state index contributed by atoms with van der Waals surface area (Å²) in [5.41, 5.74) is 0.613. The molecule has 1 heterocycles. The molecular formula is C20H20N4O4S2. The van der Waals surface area contributed by atoms with Crippen molar-refractivity contribution in [3.8, 4) is 5.75 Å². The average Bonchev–Trinajstić information content (AvgIpc) is 3.49. The number of anilines is 2. The highest BCUT2D eigenvalue weighted by Crippen LogP contribution is 2.42. The number of amides is 1. The summed E-state index contributed by atoms with van der Waals surface area (Å²) < 4.78 is 33.3. The Kier molecular flexibility index (Phi) is 5.69. The van der Waals surface area contributed by atoms with Crippen molar-refractivity contribution in [2.75, 3.05) is 16.6 Å². The molecular weight excluding hydrogens is 424 g/mol. The molecule has 0 spiro atoms. The molecule has 0 radical (unpaired) electrons. The van der Waals surface area contributed by atoms with Gasteiger partial charge in [-0.25, -0.2) is 8.42 Å². The van der Waals surface area contributed by atoms with Crippen LogP contribution in [0, 0.1) is 0 Å². The summed E-state index contributed by atoms with van der Waals surface area (Å²) in [6, 6.07) is 12.4. The van der Waals surface area contributed by atoms with Gasteiger partial charge in [0.2, 0.25) is 5.13 Å². The predicted octanol–water partition coefficient (Wildman–Crippen LogP) is 3.87. The topological polar surface area (TPSA) is 110 Å². The first kappa shape index (κ1) is 20.3. The molecule has 1 amide bonds. The van der Waals surface area contributed by atoms with Gasteiger partial charge < -0.3 is 4.74 Å². The molecule has 0 unspecified atom stereocenters. The van der Waals surface area contributed by atoms with Gasteiger partial charge in [-0.15, -0.1) is 10.2 Å². The van der Waals surface area contributed by atoms with Gasteiger partial charge in [0.1, 0.15) is 10.8 Å². The zero-order chi connectivity index (χ0) is 21.1. The Balaban J connectivity index is 1.47. The molecule has 3 aromatic rings. The Morgan fingerprint density at radius 2 is 1.93 bits per heavy atom. The van der Waals surface area contributed by atoms with Gasteiger partial charge in [0.15, 0.2) is 0 Å². The van der Waals surface area contributed by atoms with Gasteiger partial charge in [-0.2, -0.15) is 0 Å². The van der Waals surface area contributed by atoms with E-state index in [1.165, 1.54) is 29.5 Å². The SMILES string of the molecule is CCOc1ccc(NS(=O)(=O)c2cccc(C(=O)Nc3nnc(C4CC4)s3)c2)cc1. The number of aromatic nitrogens is 2. The van der Waals surface area contributed by atoms with Gasteiger partial charge >= 0.3 is 0 Å². The van der Waals surface area contributed by atoms with Crippen LogP contribution in [0.2, 0.25) is 0 Å². The van der Waals surface area contributed by atoms with Gasteiger partial charge in [-0.1, -0.05) is 17.4 Å². The minimum atomic E-state index is -3.86. The van der Waals surface area contributed by atoms with E-state index in [0.29, 0.717) is 29.1 Å². The summed E-state index contributed by atoms with van der Waals surface area (Å²) >= 11 is 1.35. The molecule has 1 aromatic heterocycles. The van der Waals surface area contributed by atoms with Crippen molar-refractivity contribution in [2.24, 2.45) is 0 Å². The number of sulfonamides is 1. The second kappa shape index (κ2) is 8.41.